The number of aryl methyl sites for hydroxylation is 1. The molecule has 0 saturated carbocycles. The fourth-order valence-corrected chi connectivity index (χ4v) is 3.45. The molecule has 3 rings (SSSR count). The second kappa shape index (κ2) is 5.85. The van der Waals surface area contributed by atoms with E-state index in [1.165, 1.54) is 4.90 Å². The summed E-state index contributed by atoms with van der Waals surface area (Å²) >= 11 is 0. The third kappa shape index (κ3) is 2.60. The molecule has 112 valence electrons. The standard InChI is InChI=1S/C17H15NO3S/c1-12-6-8-13(9-7-12)22(21)11-10-18-16(19)14-4-2-3-5-15(14)17(18)20/h2-9H,10-11H2,1H3. The Balaban J connectivity index is 1.70. The monoisotopic (exact) mass is 313 g/mol. The number of hydrogen-bond donors (Lipinski definition) is 0. The van der Waals surface area contributed by atoms with Crippen molar-refractivity contribution in [1.82, 2.24) is 4.90 Å². The molecule has 0 N–H and O–H groups in total. The van der Waals surface area contributed by atoms with E-state index in [0.717, 1.165) is 5.56 Å². The molecule has 1 aliphatic heterocycles. The number of imide groups is 1. The van der Waals surface area contributed by atoms with Crippen molar-refractivity contribution < 1.29 is 13.8 Å². The van der Waals surface area contributed by atoms with Crippen molar-refractivity contribution in [2.24, 2.45) is 0 Å². The van der Waals surface area contributed by atoms with Crippen LogP contribution in [0.15, 0.2) is 53.4 Å². The number of amides is 2. The van der Waals surface area contributed by atoms with Crippen LogP contribution in [0.5, 0.6) is 0 Å². The highest BCUT2D eigenvalue weighted by molar-refractivity contribution is 7.85. The minimum absolute atomic E-state index is 0.160. The van der Waals surface area contributed by atoms with Crippen LogP contribution in [-0.4, -0.2) is 33.2 Å². The summed E-state index contributed by atoms with van der Waals surface area (Å²) in [5.41, 5.74) is 1.95. The molecule has 1 atom stereocenters. The van der Waals surface area contributed by atoms with E-state index in [1.54, 1.807) is 24.3 Å². The van der Waals surface area contributed by atoms with E-state index in [9.17, 15) is 13.8 Å². The second-order valence-corrected chi connectivity index (χ2v) is 6.74. The maximum atomic E-state index is 12.3. The molecule has 22 heavy (non-hydrogen) atoms. The summed E-state index contributed by atoms with van der Waals surface area (Å²) in [4.78, 5) is 26.3. The van der Waals surface area contributed by atoms with E-state index in [2.05, 4.69) is 0 Å². The van der Waals surface area contributed by atoms with E-state index >= 15 is 0 Å². The van der Waals surface area contributed by atoms with Crippen LogP contribution in [0, 0.1) is 6.92 Å². The molecule has 0 spiro atoms. The van der Waals surface area contributed by atoms with Gasteiger partial charge in [-0.2, -0.15) is 0 Å². The van der Waals surface area contributed by atoms with Crippen LogP contribution in [0.2, 0.25) is 0 Å². The molecule has 0 aliphatic carbocycles. The first kappa shape index (κ1) is 14.7. The van der Waals surface area contributed by atoms with E-state index in [0.29, 0.717) is 16.0 Å². The summed E-state index contributed by atoms with van der Waals surface area (Å²) in [6.45, 7) is 2.12. The third-order valence-electron chi connectivity index (χ3n) is 3.66. The molecule has 0 aromatic heterocycles. The summed E-state index contributed by atoms with van der Waals surface area (Å²) in [5, 5.41) is 0. The molecular formula is C17H15NO3S. The molecule has 5 heteroatoms. The van der Waals surface area contributed by atoms with Gasteiger partial charge in [0.05, 0.1) is 21.9 Å². The van der Waals surface area contributed by atoms with Gasteiger partial charge in [0.25, 0.3) is 11.8 Å². The summed E-state index contributed by atoms with van der Waals surface area (Å²) < 4.78 is 12.3. The Hall–Kier alpha value is -2.27. The van der Waals surface area contributed by atoms with Crippen LogP contribution in [0.3, 0.4) is 0 Å². The Morgan fingerprint density at radius 2 is 1.45 bits per heavy atom. The highest BCUT2D eigenvalue weighted by atomic mass is 32.2. The van der Waals surface area contributed by atoms with Crippen molar-refractivity contribution in [3.05, 3.63) is 65.2 Å². The Morgan fingerprint density at radius 3 is 2.00 bits per heavy atom. The Bertz CT molecular complexity index is 733. The van der Waals surface area contributed by atoms with Gasteiger partial charge in [-0.05, 0) is 31.2 Å². The first-order chi connectivity index (χ1) is 10.6. The van der Waals surface area contributed by atoms with E-state index < -0.39 is 10.8 Å². The summed E-state index contributed by atoms with van der Waals surface area (Å²) in [7, 11) is -1.23. The minimum atomic E-state index is -1.23. The molecule has 1 unspecified atom stereocenters. The third-order valence-corrected chi connectivity index (χ3v) is 5.01. The zero-order chi connectivity index (χ0) is 15.7. The lowest BCUT2D eigenvalue weighted by Gasteiger charge is -2.13. The normalized spacial score (nSPS) is 15.0. The van der Waals surface area contributed by atoms with Gasteiger partial charge in [0.2, 0.25) is 0 Å². The van der Waals surface area contributed by atoms with E-state index in [-0.39, 0.29) is 24.1 Å². The number of carbonyl (C=O) groups is 2. The predicted octanol–water partition coefficient (Wildman–Crippen LogP) is 2.40. The fraction of sp³-hybridized carbons (Fsp3) is 0.176. The molecule has 1 aliphatic rings. The van der Waals surface area contributed by atoms with Crippen molar-refractivity contribution >= 4 is 22.6 Å². The van der Waals surface area contributed by atoms with Crippen molar-refractivity contribution in [3.8, 4) is 0 Å². The first-order valence-corrected chi connectivity index (χ1v) is 8.30. The van der Waals surface area contributed by atoms with Gasteiger partial charge in [-0.1, -0.05) is 29.8 Å². The Labute approximate surface area is 131 Å². The smallest absolute Gasteiger partial charge is 0.261 e. The van der Waals surface area contributed by atoms with Gasteiger partial charge in [0, 0.05) is 17.2 Å². The molecule has 0 fully saturated rings. The molecule has 0 radical (unpaired) electrons. The van der Waals surface area contributed by atoms with Crippen LogP contribution in [-0.2, 0) is 10.8 Å². The van der Waals surface area contributed by atoms with Gasteiger partial charge in [0.15, 0.2) is 0 Å². The second-order valence-electron chi connectivity index (χ2n) is 5.17. The van der Waals surface area contributed by atoms with Gasteiger partial charge in [-0.15, -0.1) is 0 Å². The van der Waals surface area contributed by atoms with Crippen LogP contribution < -0.4 is 0 Å². The van der Waals surface area contributed by atoms with Crippen molar-refractivity contribution in [3.63, 3.8) is 0 Å². The average molecular weight is 313 g/mol. The zero-order valence-electron chi connectivity index (χ0n) is 12.1. The van der Waals surface area contributed by atoms with E-state index in [4.69, 9.17) is 0 Å². The topological polar surface area (TPSA) is 54.5 Å². The van der Waals surface area contributed by atoms with Gasteiger partial charge in [-0.3, -0.25) is 18.7 Å². The number of carbonyl (C=O) groups excluding carboxylic acids is 2. The lowest BCUT2D eigenvalue weighted by atomic mass is 10.1. The van der Waals surface area contributed by atoms with Crippen molar-refractivity contribution in [2.45, 2.75) is 11.8 Å². The van der Waals surface area contributed by atoms with Gasteiger partial charge in [0.1, 0.15) is 0 Å². The van der Waals surface area contributed by atoms with Crippen LogP contribution >= 0.6 is 0 Å². The summed E-state index contributed by atoms with van der Waals surface area (Å²) in [6, 6.07) is 14.2. The van der Waals surface area contributed by atoms with Crippen molar-refractivity contribution in [2.75, 3.05) is 12.3 Å². The fourth-order valence-electron chi connectivity index (χ4n) is 2.42. The van der Waals surface area contributed by atoms with Crippen LogP contribution in [0.1, 0.15) is 26.3 Å². The highest BCUT2D eigenvalue weighted by Crippen LogP contribution is 2.22. The predicted molar refractivity (Wildman–Crippen MR) is 84.3 cm³/mol. The molecule has 1 heterocycles. The molecule has 0 saturated heterocycles. The minimum Gasteiger partial charge on any atom is -0.273 e. The lowest BCUT2D eigenvalue weighted by Crippen LogP contribution is -2.33. The number of rotatable bonds is 4. The molecule has 0 bridgehead atoms. The Kier molecular flexibility index (Phi) is 3.90. The maximum absolute atomic E-state index is 12.3. The lowest BCUT2D eigenvalue weighted by molar-refractivity contribution is 0.0664. The quantitative estimate of drug-likeness (QED) is 0.815. The summed E-state index contributed by atoms with van der Waals surface area (Å²) in [6.07, 6.45) is 0. The molecular weight excluding hydrogens is 298 g/mol. The summed E-state index contributed by atoms with van der Waals surface area (Å²) in [5.74, 6) is -0.364. The largest absolute Gasteiger partial charge is 0.273 e. The van der Waals surface area contributed by atoms with Crippen LogP contribution in [0.4, 0.5) is 0 Å². The average Bonchev–Trinajstić information content (AvgIpc) is 2.78. The molecule has 2 aromatic carbocycles. The number of hydrogen-bond acceptors (Lipinski definition) is 3. The SMILES string of the molecule is Cc1ccc(S(=O)CCN2C(=O)c3ccccc3C2=O)cc1. The molecule has 2 amide bonds. The number of nitrogens with zero attached hydrogens (tertiary/aromatic N) is 1. The van der Waals surface area contributed by atoms with Gasteiger partial charge >= 0.3 is 0 Å². The van der Waals surface area contributed by atoms with Gasteiger partial charge < -0.3 is 0 Å². The molecule has 2 aromatic rings. The van der Waals surface area contributed by atoms with E-state index in [1.807, 2.05) is 31.2 Å². The highest BCUT2D eigenvalue weighted by Gasteiger charge is 2.34. The zero-order valence-corrected chi connectivity index (χ0v) is 12.9. The van der Waals surface area contributed by atoms with Crippen molar-refractivity contribution in [1.29, 1.82) is 0 Å². The molecule has 4 nitrogen and oxygen atoms in total. The first-order valence-electron chi connectivity index (χ1n) is 6.98. The number of fused-ring (bicyclic) bond motifs is 1. The number of benzene rings is 2. The van der Waals surface area contributed by atoms with Gasteiger partial charge in [-0.25, -0.2) is 0 Å². The maximum Gasteiger partial charge on any atom is 0.261 e. The Morgan fingerprint density at radius 1 is 0.909 bits per heavy atom. The van der Waals surface area contributed by atoms with Crippen LogP contribution in [0.25, 0.3) is 0 Å².